The molecule has 1 unspecified atom stereocenters. The van der Waals surface area contributed by atoms with Gasteiger partial charge < -0.3 is 0 Å². The second-order valence-electron chi connectivity index (χ2n) is 6.87. The topological polar surface area (TPSA) is 17.1 Å². The van der Waals surface area contributed by atoms with Gasteiger partial charge in [0.15, 0.2) is 0 Å². The van der Waals surface area contributed by atoms with Crippen molar-refractivity contribution < 1.29 is 4.79 Å². The van der Waals surface area contributed by atoms with Crippen molar-refractivity contribution in [3.63, 3.8) is 0 Å². The number of thioether (sulfide) groups is 2. The number of carbonyl (C=O) groups excluding carboxylic acids is 1. The van der Waals surface area contributed by atoms with Crippen LogP contribution in [0, 0.1) is 11.3 Å². The summed E-state index contributed by atoms with van der Waals surface area (Å²) < 4.78 is 0.0685. The molecule has 0 aromatic heterocycles. The molecular weight excluding hydrogens is 296 g/mol. The first kappa shape index (κ1) is 15.5. The van der Waals surface area contributed by atoms with Gasteiger partial charge in [0.1, 0.15) is 5.78 Å². The number of carbonyl (C=O) groups is 1. The smallest absolute Gasteiger partial charge is 0.133 e. The van der Waals surface area contributed by atoms with E-state index in [4.69, 9.17) is 0 Å². The average molecular weight is 321 g/mol. The van der Waals surface area contributed by atoms with Crippen LogP contribution < -0.4 is 0 Å². The van der Waals surface area contributed by atoms with E-state index in [1.54, 1.807) is 0 Å². The maximum atomic E-state index is 12.2. The van der Waals surface area contributed by atoms with Gasteiger partial charge in [-0.05, 0) is 41.2 Å². The molecule has 1 nitrogen and oxygen atoms in total. The highest BCUT2D eigenvalue weighted by molar-refractivity contribution is 8.18. The van der Waals surface area contributed by atoms with E-state index in [1.807, 2.05) is 0 Å². The lowest BCUT2D eigenvalue weighted by atomic mass is 9.66. The van der Waals surface area contributed by atoms with E-state index in [-0.39, 0.29) is 9.49 Å². The van der Waals surface area contributed by atoms with Crippen LogP contribution in [0.4, 0.5) is 0 Å². The van der Waals surface area contributed by atoms with Crippen molar-refractivity contribution in [1.82, 2.24) is 0 Å². The molecule has 1 aromatic carbocycles. The van der Waals surface area contributed by atoms with E-state index < -0.39 is 0 Å². The van der Waals surface area contributed by atoms with Crippen molar-refractivity contribution in [3.05, 3.63) is 35.9 Å². The molecule has 114 valence electrons. The van der Waals surface area contributed by atoms with Crippen molar-refractivity contribution in [2.45, 2.75) is 43.6 Å². The largest absolute Gasteiger partial charge is 0.300 e. The third kappa shape index (κ3) is 2.92. The summed E-state index contributed by atoms with van der Waals surface area (Å²) in [5.41, 5.74) is 1.65. The zero-order valence-electron chi connectivity index (χ0n) is 12.9. The number of hydrogen-bond donors (Lipinski definition) is 0. The number of ketones is 1. The summed E-state index contributed by atoms with van der Waals surface area (Å²) in [7, 11) is 0. The third-order valence-electron chi connectivity index (χ3n) is 4.98. The van der Waals surface area contributed by atoms with Gasteiger partial charge in [-0.3, -0.25) is 4.79 Å². The van der Waals surface area contributed by atoms with E-state index in [1.165, 1.54) is 23.5 Å². The standard InChI is InChI=1S/C18H24OS2/c1-17(2)10-9-15(19)13-16(17)18(20-11-6-12-21-18)14-7-4-3-5-8-14/h3-5,7-8,16H,6,9-13H2,1-2H3. The Balaban J connectivity index is 2.04. The molecule has 2 fully saturated rings. The molecule has 1 saturated carbocycles. The Labute approximate surface area is 136 Å². The molecule has 0 spiro atoms. The molecule has 1 aromatic rings. The van der Waals surface area contributed by atoms with Crippen LogP contribution in [0.2, 0.25) is 0 Å². The van der Waals surface area contributed by atoms with E-state index >= 15 is 0 Å². The minimum absolute atomic E-state index is 0.0685. The van der Waals surface area contributed by atoms with Crippen molar-refractivity contribution >= 4 is 29.3 Å². The fourth-order valence-electron chi connectivity index (χ4n) is 3.68. The average Bonchev–Trinajstić information content (AvgIpc) is 2.51. The van der Waals surface area contributed by atoms with Gasteiger partial charge in [0.2, 0.25) is 0 Å². The lowest BCUT2D eigenvalue weighted by Gasteiger charge is -2.51. The van der Waals surface area contributed by atoms with Crippen LogP contribution in [0.25, 0.3) is 0 Å². The SMILES string of the molecule is CC1(C)CCC(=O)CC1C1(c2ccccc2)SCCCS1. The van der Waals surface area contributed by atoms with Gasteiger partial charge in [-0.2, -0.15) is 0 Å². The maximum Gasteiger partial charge on any atom is 0.133 e. The zero-order valence-corrected chi connectivity index (χ0v) is 14.6. The van der Waals surface area contributed by atoms with Crippen molar-refractivity contribution in [2.24, 2.45) is 11.3 Å². The Morgan fingerprint density at radius 1 is 1.10 bits per heavy atom. The molecule has 0 N–H and O–H groups in total. The highest BCUT2D eigenvalue weighted by atomic mass is 32.2. The van der Waals surface area contributed by atoms with Crippen LogP contribution in [0.3, 0.4) is 0 Å². The Morgan fingerprint density at radius 3 is 2.43 bits per heavy atom. The number of benzene rings is 1. The van der Waals surface area contributed by atoms with Gasteiger partial charge in [0, 0.05) is 12.8 Å². The van der Waals surface area contributed by atoms with Crippen molar-refractivity contribution in [2.75, 3.05) is 11.5 Å². The monoisotopic (exact) mass is 320 g/mol. The van der Waals surface area contributed by atoms with Gasteiger partial charge in [-0.1, -0.05) is 44.2 Å². The maximum absolute atomic E-state index is 12.2. The highest BCUT2D eigenvalue weighted by Gasteiger charge is 2.51. The van der Waals surface area contributed by atoms with Crippen LogP contribution in [-0.2, 0) is 8.87 Å². The fraction of sp³-hybridized carbons (Fsp3) is 0.611. The molecule has 2 aliphatic rings. The first-order chi connectivity index (χ1) is 10.0. The molecule has 1 saturated heterocycles. The van der Waals surface area contributed by atoms with Gasteiger partial charge >= 0.3 is 0 Å². The summed E-state index contributed by atoms with van der Waals surface area (Å²) in [6, 6.07) is 10.9. The van der Waals surface area contributed by atoms with Gasteiger partial charge in [-0.25, -0.2) is 0 Å². The Hall–Kier alpha value is -0.410. The van der Waals surface area contributed by atoms with Crippen molar-refractivity contribution in [1.29, 1.82) is 0 Å². The molecule has 21 heavy (non-hydrogen) atoms. The van der Waals surface area contributed by atoms with Crippen LogP contribution in [-0.4, -0.2) is 17.3 Å². The third-order valence-corrected chi connectivity index (χ3v) is 8.57. The Morgan fingerprint density at radius 2 is 1.76 bits per heavy atom. The second-order valence-corrected chi connectivity index (χ2v) is 9.81. The number of rotatable bonds is 2. The molecule has 1 aliphatic carbocycles. The molecule has 1 atom stereocenters. The van der Waals surface area contributed by atoms with E-state index in [9.17, 15) is 4.79 Å². The van der Waals surface area contributed by atoms with Crippen LogP contribution in [0.5, 0.6) is 0 Å². The predicted molar refractivity (Wildman–Crippen MR) is 93.8 cm³/mol. The van der Waals surface area contributed by atoms with Crippen LogP contribution in [0.1, 0.15) is 45.1 Å². The minimum Gasteiger partial charge on any atom is -0.300 e. The molecule has 3 rings (SSSR count). The van der Waals surface area contributed by atoms with Gasteiger partial charge in [-0.15, -0.1) is 23.5 Å². The summed E-state index contributed by atoms with van der Waals surface area (Å²) in [6.07, 6.45) is 3.84. The Kier molecular flexibility index (Phi) is 4.42. The van der Waals surface area contributed by atoms with Crippen molar-refractivity contribution in [3.8, 4) is 0 Å². The highest BCUT2D eigenvalue weighted by Crippen LogP contribution is 2.62. The summed E-state index contributed by atoms with van der Waals surface area (Å²) in [6.45, 7) is 4.73. The summed E-state index contributed by atoms with van der Waals surface area (Å²) in [5, 5.41) is 0. The summed E-state index contributed by atoms with van der Waals surface area (Å²) in [5.74, 6) is 3.32. The predicted octanol–water partition coefficient (Wildman–Crippen LogP) is 5.10. The molecule has 1 aliphatic heterocycles. The quantitative estimate of drug-likeness (QED) is 0.754. The van der Waals surface area contributed by atoms with Crippen LogP contribution >= 0.6 is 23.5 Å². The molecule has 1 heterocycles. The molecular formula is C18H24OS2. The van der Waals surface area contributed by atoms with E-state index in [0.717, 1.165) is 19.3 Å². The first-order valence-corrected chi connectivity index (χ1v) is 9.87. The normalized spacial score (nSPS) is 28.3. The molecule has 0 bridgehead atoms. The summed E-state index contributed by atoms with van der Waals surface area (Å²) >= 11 is 4.17. The lowest BCUT2D eigenvalue weighted by molar-refractivity contribution is -0.124. The first-order valence-electron chi connectivity index (χ1n) is 7.90. The van der Waals surface area contributed by atoms with E-state index in [2.05, 4.69) is 67.7 Å². The molecule has 3 heteroatoms. The minimum atomic E-state index is 0.0685. The zero-order chi connectivity index (χ0) is 14.9. The molecule has 0 radical (unpaired) electrons. The van der Waals surface area contributed by atoms with E-state index in [0.29, 0.717) is 11.7 Å². The second kappa shape index (κ2) is 6.00. The number of Topliss-reactive ketones (excluding diaryl/α,β-unsaturated/α-hetero) is 1. The van der Waals surface area contributed by atoms with Crippen LogP contribution in [0.15, 0.2) is 30.3 Å². The van der Waals surface area contributed by atoms with Gasteiger partial charge in [0.25, 0.3) is 0 Å². The van der Waals surface area contributed by atoms with Gasteiger partial charge in [0.05, 0.1) is 4.08 Å². The fourth-order valence-corrected chi connectivity index (χ4v) is 7.69. The lowest BCUT2D eigenvalue weighted by Crippen LogP contribution is -2.44. The summed E-state index contributed by atoms with van der Waals surface area (Å²) in [4.78, 5) is 12.2. The Bertz CT molecular complexity index is 503. The number of hydrogen-bond acceptors (Lipinski definition) is 3. The molecule has 0 amide bonds.